The summed E-state index contributed by atoms with van der Waals surface area (Å²) in [7, 11) is 0. The second kappa shape index (κ2) is 14.3. The van der Waals surface area contributed by atoms with Gasteiger partial charge >= 0.3 is 0 Å². The van der Waals surface area contributed by atoms with Crippen molar-refractivity contribution in [2.45, 2.75) is 0 Å². The molecule has 8 aromatic carbocycles. The van der Waals surface area contributed by atoms with Gasteiger partial charge in [-0.25, -0.2) is 24.9 Å². The average Bonchev–Trinajstić information content (AvgIpc) is 4.04. The van der Waals surface area contributed by atoms with Crippen LogP contribution in [0.4, 0.5) is 0 Å². The minimum absolute atomic E-state index is 0.621. The first-order chi connectivity index (χ1) is 31.2. The van der Waals surface area contributed by atoms with E-state index < -0.39 is 0 Å². The fourth-order valence-electron chi connectivity index (χ4n) is 9.02. The van der Waals surface area contributed by atoms with Crippen molar-refractivity contribution in [1.29, 1.82) is 0 Å². The smallest absolute Gasteiger partial charge is 0.164 e. The molecule has 0 aliphatic rings. The van der Waals surface area contributed by atoms with Gasteiger partial charge in [0.25, 0.3) is 0 Å². The molecule has 0 amide bonds. The quantitative estimate of drug-likeness (QED) is 0.167. The Morgan fingerprint density at radius 2 is 0.921 bits per heavy atom. The van der Waals surface area contributed by atoms with Crippen molar-refractivity contribution >= 4 is 85.0 Å². The highest BCUT2D eigenvalue weighted by Crippen LogP contribution is 2.47. The molecule has 294 valence electrons. The van der Waals surface area contributed by atoms with E-state index in [0.717, 1.165) is 97.2 Å². The molecule has 5 aromatic heterocycles. The Balaban J connectivity index is 1.03. The highest BCUT2D eigenvalue weighted by molar-refractivity contribution is 7.27. The van der Waals surface area contributed by atoms with Gasteiger partial charge in [0.2, 0.25) is 0 Å². The van der Waals surface area contributed by atoms with Crippen LogP contribution in [0.5, 0.6) is 0 Å². The number of fused-ring (bicyclic) bond motifs is 9. The number of hydrogen-bond acceptors (Lipinski definition) is 7. The van der Waals surface area contributed by atoms with Crippen molar-refractivity contribution < 1.29 is 0 Å². The van der Waals surface area contributed by atoms with Crippen molar-refractivity contribution in [3.05, 3.63) is 194 Å². The van der Waals surface area contributed by atoms with Crippen LogP contribution in [0.1, 0.15) is 0 Å². The zero-order valence-corrected chi connectivity index (χ0v) is 35.1. The van der Waals surface area contributed by atoms with E-state index >= 15 is 0 Å². The van der Waals surface area contributed by atoms with Gasteiger partial charge < -0.3 is 4.57 Å². The van der Waals surface area contributed by atoms with Crippen molar-refractivity contribution in [3.63, 3.8) is 0 Å². The SMILES string of the molecule is c1ccc(-c2nc(-c3ccc4c(c3)c3ccccc3n4-c3ccccc3)nc(-c3cccc4sc5c(-c6nc(-c7ccccc7)nc7c6sc6ccccc67)cccc5c34)n2)cc1. The normalized spacial score (nSPS) is 11.8. The van der Waals surface area contributed by atoms with Gasteiger partial charge in [-0.3, -0.25) is 0 Å². The van der Waals surface area contributed by atoms with E-state index in [4.69, 9.17) is 24.9 Å². The van der Waals surface area contributed by atoms with Gasteiger partial charge in [0.15, 0.2) is 23.3 Å². The lowest BCUT2D eigenvalue weighted by Crippen LogP contribution is -2.00. The zero-order valence-electron chi connectivity index (χ0n) is 33.5. The van der Waals surface area contributed by atoms with Gasteiger partial charge in [0.1, 0.15) is 0 Å². The Hall–Kier alpha value is -7.91. The minimum atomic E-state index is 0.621. The maximum Gasteiger partial charge on any atom is 0.164 e. The molecule has 0 aliphatic carbocycles. The average molecular weight is 841 g/mol. The molecule has 0 fully saturated rings. The lowest BCUT2D eigenvalue weighted by molar-refractivity contribution is 1.08. The standard InChI is InChI=1S/C55H32N6S2/c1-4-16-33(17-5-1)52-56-48-38-23-11-13-28-45(38)62-51(48)49(57-52)41-26-14-24-39-47-40(25-15-29-46(47)63-50(39)41)55-59-53(34-18-6-2-7-19-34)58-54(60-55)35-30-31-44-42(32-35)37-22-10-12-27-43(37)61(44)36-20-8-3-9-21-36/h1-32H. The molecule has 0 spiro atoms. The number of aromatic nitrogens is 6. The molecular weight excluding hydrogens is 809 g/mol. The van der Waals surface area contributed by atoms with Gasteiger partial charge in [-0.15, -0.1) is 22.7 Å². The zero-order chi connectivity index (χ0) is 41.4. The Kier molecular flexibility index (Phi) is 8.15. The third-order valence-electron chi connectivity index (χ3n) is 11.9. The van der Waals surface area contributed by atoms with E-state index in [1.54, 1.807) is 22.7 Å². The second-order valence-corrected chi connectivity index (χ2v) is 17.7. The molecule has 13 aromatic rings. The molecule has 0 saturated heterocycles. The Bertz CT molecular complexity index is 3910. The molecule has 0 N–H and O–H groups in total. The molecule has 6 nitrogen and oxygen atoms in total. The van der Waals surface area contributed by atoms with E-state index in [-0.39, 0.29) is 0 Å². The van der Waals surface area contributed by atoms with Crippen LogP contribution in [0.25, 0.3) is 125 Å². The largest absolute Gasteiger partial charge is 0.309 e. The molecule has 0 saturated carbocycles. The van der Waals surface area contributed by atoms with Gasteiger partial charge in [-0.05, 0) is 48.5 Å². The topological polar surface area (TPSA) is 69.4 Å². The summed E-state index contributed by atoms with van der Waals surface area (Å²) in [5.74, 6) is 2.59. The van der Waals surface area contributed by atoms with Crippen LogP contribution in [0.3, 0.4) is 0 Å². The number of rotatable bonds is 6. The number of benzene rings is 8. The van der Waals surface area contributed by atoms with Gasteiger partial charge in [-0.2, -0.15) is 0 Å². The Morgan fingerprint density at radius 1 is 0.349 bits per heavy atom. The van der Waals surface area contributed by atoms with E-state index in [0.29, 0.717) is 17.5 Å². The lowest BCUT2D eigenvalue weighted by atomic mass is 10.0. The van der Waals surface area contributed by atoms with E-state index in [1.807, 2.05) is 36.4 Å². The summed E-state index contributed by atoms with van der Waals surface area (Å²) in [6.07, 6.45) is 0. The van der Waals surface area contributed by atoms with Crippen molar-refractivity contribution in [2.75, 3.05) is 0 Å². The van der Waals surface area contributed by atoms with Crippen LogP contribution in [0.15, 0.2) is 194 Å². The summed E-state index contributed by atoms with van der Waals surface area (Å²) >= 11 is 3.54. The molecule has 0 unspecified atom stereocenters. The molecule has 0 aliphatic heterocycles. The first kappa shape index (κ1) is 35.8. The number of nitrogens with zero attached hydrogens (tertiary/aromatic N) is 6. The third kappa shape index (κ3) is 5.80. The van der Waals surface area contributed by atoms with Crippen LogP contribution in [0.2, 0.25) is 0 Å². The van der Waals surface area contributed by atoms with E-state index in [2.05, 4.69) is 162 Å². The highest BCUT2D eigenvalue weighted by Gasteiger charge is 2.23. The van der Waals surface area contributed by atoms with Crippen LogP contribution in [-0.2, 0) is 0 Å². The fourth-order valence-corrected chi connectivity index (χ4v) is 11.4. The van der Waals surface area contributed by atoms with Crippen LogP contribution in [0, 0.1) is 0 Å². The minimum Gasteiger partial charge on any atom is -0.309 e. The van der Waals surface area contributed by atoms with Gasteiger partial charge in [0.05, 0.1) is 26.9 Å². The molecule has 13 rings (SSSR count). The van der Waals surface area contributed by atoms with Crippen molar-refractivity contribution in [3.8, 4) is 62.5 Å². The van der Waals surface area contributed by atoms with Crippen molar-refractivity contribution in [1.82, 2.24) is 29.5 Å². The fraction of sp³-hybridized carbons (Fsp3) is 0. The number of thiophene rings is 2. The summed E-state index contributed by atoms with van der Waals surface area (Å²) in [6, 6.07) is 67.7. The molecule has 0 atom stereocenters. The highest BCUT2D eigenvalue weighted by atomic mass is 32.1. The van der Waals surface area contributed by atoms with E-state index in [1.165, 1.54) is 10.1 Å². The summed E-state index contributed by atoms with van der Waals surface area (Å²) in [5.41, 5.74) is 10.2. The summed E-state index contributed by atoms with van der Waals surface area (Å²) in [4.78, 5) is 26.3. The molecule has 8 heteroatoms. The third-order valence-corrected chi connectivity index (χ3v) is 14.3. The Morgan fingerprint density at radius 3 is 1.71 bits per heavy atom. The summed E-state index contributed by atoms with van der Waals surface area (Å²) in [6.45, 7) is 0. The maximum absolute atomic E-state index is 5.36. The van der Waals surface area contributed by atoms with Crippen molar-refractivity contribution in [2.24, 2.45) is 0 Å². The molecule has 5 heterocycles. The Labute approximate surface area is 369 Å². The molecule has 63 heavy (non-hydrogen) atoms. The van der Waals surface area contributed by atoms with E-state index in [9.17, 15) is 0 Å². The maximum atomic E-state index is 5.36. The van der Waals surface area contributed by atoms with Gasteiger partial charge in [-0.1, -0.05) is 146 Å². The first-order valence-electron chi connectivity index (χ1n) is 20.8. The number of hydrogen-bond donors (Lipinski definition) is 0. The van der Waals surface area contributed by atoms with Crippen LogP contribution < -0.4 is 0 Å². The molecule has 0 bridgehead atoms. The lowest BCUT2D eigenvalue weighted by Gasteiger charge is -2.11. The predicted octanol–water partition coefficient (Wildman–Crippen LogP) is 14.8. The predicted molar refractivity (Wildman–Crippen MR) is 263 cm³/mol. The van der Waals surface area contributed by atoms with Crippen LogP contribution >= 0.6 is 22.7 Å². The monoisotopic (exact) mass is 840 g/mol. The molecule has 0 radical (unpaired) electrons. The summed E-state index contributed by atoms with van der Waals surface area (Å²) < 4.78 is 6.92. The molecular formula is C55H32N6S2. The number of para-hydroxylation sites is 2. The first-order valence-corrected chi connectivity index (χ1v) is 22.5. The van der Waals surface area contributed by atoms with Crippen LogP contribution in [-0.4, -0.2) is 29.5 Å². The second-order valence-electron chi connectivity index (χ2n) is 15.6. The summed E-state index contributed by atoms with van der Waals surface area (Å²) in [5, 5.41) is 5.71. The van der Waals surface area contributed by atoms with Gasteiger partial charge in [0, 0.05) is 74.5 Å².